The molecule has 0 aliphatic heterocycles. The zero-order valence-electron chi connectivity index (χ0n) is 18.6. The normalized spacial score (nSPS) is 12.1. The molecule has 0 fully saturated rings. The number of H-pyrrole nitrogens is 2. The minimum absolute atomic E-state index is 0.125. The summed E-state index contributed by atoms with van der Waals surface area (Å²) in [7, 11) is -3.67. The number of aromatic amines is 2. The van der Waals surface area contributed by atoms with Gasteiger partial charge in [-0.2, -0.15) is 8.42 Å². The van der Waals surface area contributed by atoms with Crippen LogP contribution in [0.4, 0.5) is 0 Å². The number of ether oxygens (including phenoxy) is 1. The number of nitrogens with one attached hydrogen (secondary N) is 2. The van der Waals surface area contributed by atoms with Crippen molar-refractivity contribution in [1.29, 1.82) is 0 Å². The number of rotatable bonds is 5. The monoisotopic (exact) mass is 494 g/mol. The summed E-state index contributed by atoms with van der Waals surface area (Å²) in [6.45, 7) is 0.331. The molecule has 0 saturated carbocycles. The summed E-state index contributed by atoms with van der Waals surface area (Å²) in [5.41, 5.74) is 1.35. The Morgan fingerprint density at radius 1 is 0.886 bits per heavy atom. The minimum Gasteiger partial charge on any atom is -0.486 e. The summed E-state index contributed by atoms with van der Waals surface area (Å²) >= 11 is 0. The third kappa shape index (κ3) is 8.84. The number of aromatic nitrogens is 4. The van der Waals surface area contributed by atoms with E-state index < -0.39 is 15.7 Å². The second-order valence-electron chi connectivity index (χ2n) is 7.20. The fourth-order valence-electron chi connectivity index (χ4n) is 2.76. The van der Waals surface area contributed by atoms with E-state index in [4.69, 9.17) is 9.29 Å². The molecule has 0 bridgehead atoms. The van der Waals surface area contributed by atoms with Gasteiger partial charge in [0.05, 0.1) is 23.8 Å². The fraction of sp³-hybridized carbons (Fsp3) is 0.0833. The van der Waals surface area contributed by atoms with Crippen LogP contribution in [0.5, 0.6) is 5.75 Å². The smallest absolute Gasteiger partial charge is 0.272 e. The molecule has 10 nitrogen and oxygen atoms in total. The number of nitrogens with zero attached hydrogens (tertiary/aromatic N) is 2. The lowest BCUT2D eigenvalue weighted by Gasteiger charge is -2.05. The maximum absolute atomic E-state index is 12.4. The van der Waals surface area contributed by atoms with Crippen molar-refractivity contribution in [3.8, 4) is 5.75 Å². The van der Waals surface area contributed by atoms with Crippen molar-refractivity contribution in [3.05, 3.63) is 121 Å². The third-order valence-corrected chi connectivity index (χ3v) is 4.26. The highest BCUT2D eigenvalue weighted by atomic mass is 32.2. The molecule has 0 atom stereocenters. The van der Waals surface area contributed by atoms with Gasteiger partial charge in [0.15, 0.2) is 0 Å². The van der Waals surface area contributed by atoms with Crippen molar-refractivity contribution in [2.45, 2.75) is 6.61 Å². The van der Waals surface area contributed by atoms with E-state index in [2.05, 4.69) is 19.9 Å². The lowest BCUT2D eigenvalue weighted by molar-refractivity contribution is 0.300. The zero-order valence-corrected chi connectivity index (χ0v) is 19.4. The third-order valence-electron chi connectivity index (χ3n) is 4.26. The number of hydrogen-bond donors (Lipinski definition) is 3. The first-order valence-electron chi connectivity index (χ1n) is 10.2. The summed E-state index contributed by atoms with van der Waals surface area (Å²) in [6, 6.07) is 18.3. The van der Waals surface area contributed by atoms with E-state index in [0.29, 0.717) is 24.3 Å². The molecule has 0 aliphatic carbocycles. The van der Waals surface area contributed by atoms with Crippen LogP contribution < -0.4 is 26.6 Å². The Bertz CT molecular complexity index is 1590. The van der Waals surface area contributed by atoms with Gasteiger partial charge in [-0.25, -0.2) is 0 Å². The first-order chi connectivity index (χ1) is 16.7. The van der Waals surface area contributed by atoms with Crippen LogP contribution in [0.2, 0.25) is 0 Å². The van der Waals surface area contributed by atoms with Gasteiger partial charge >= 0.3 is 0 Å². The molecule has 0 spiro atoms. The van der Waals surface area contributed by atoms with Gasteiger partial charge in [0.1, 0.15) is 23.1 Å². The maximum atomic E-state index is 12.4. The Morgan fingerprint density at radius 2 is 1.51 bits per heavy atom. The van der Waals surface area contributed by atoms with Crippen molar-refractivity contribution >= 4 is 22.3 Å². The molecule has 11 heteroatoms. The van der Waals surface area contributed by atoms with Crippen LogP contribution in [0.25, 0.3) is 12.2 Å². The van der Waals surface area contributed by atoms with Gasteiger partial charge < -0.3 is 14.7 Å². The highest BCUT2D eigenvalue weighted by Gasteiger charge is 2.00. The van der Waals surface area contributed by atoms with Crippen molar-refractivity contribution in [2.24, 2.45) is 0 Å². The van der Waals surface area contributed by atoms with Gasteiger partial charge in [-0.3, -0.25) is 24.1 Å². The van der Waals surface area contributed by atoms with Crippen LogP contribution in [0.3, 0.4) is 0 Å². The Morgan fingerprint density at radius 3 is 2.09 bits per heavy atom. The predicted octanol–water partition coefficient (Wildman–Crippen LogP) is 0.594. The lowest BCUT2D eigenvalue weighted by Crippen LogP contribution is -2.46. The van der Waals surface area contributed by atoms with Crippen LogP contribution in [0.15, 0.2) is 82.6 Å². The molecule has 3 N–H and O–H groups in total. The SMILES string of the molecule is CS(=O)(=O)O.O=c1[nH]/c(=C/c2ccccc2)c(=O)[nH]/c1=C\c1ccc(OCc2ccccn2)cn1. The van der Waals surface area contributed by atoms with E-state index in [1.54, 1.807) is 30.6 Å². The average Bonchev–Trinajstić information content (AvgIpc) is 2.82. The molecular weight excluding hydrogens is 472 g/mol. The van der Waals surface area contributed by atoms with Crippen molar-refractivity contribution in [1.82, 2.24) is 19.9 Å². The quantitative estimate of drug-likeness (QED) is 0.341. The molecular formula is C24H22N4O6S. The Labute approximate surface area is 200 Å². The largest absolute Gasteiger partial charge is 0.486 e. The Hall–Kier alpha value is -4.35. The van der Waals surface area contributed by atoms with E-state index in [1.807, 2.05) is 48.5 Å². The van der Waals surface area contributed by atoms with Gasteiger partial charge in [0.25, 0.3) is 21.2 Å². The van der Waals surface area contributed by atoms with Gasteiger partial charge in [-0.1, -0.05) is 36.4 Å². The average molecular weight is 495 g/mol. The molecule has 1 aromatic carbocycles. The molecule has 0 saturated heterocycles. The first-order valence-corrected chi connectivity index (χ1v) is 12.0. The first kappa shape index (κ1) is 25.3. The minimum atomic E-state index is -3.67. The molecule has 35 heavy (non-hydrogen) atoms. The molecule has 3 heterocycles. The van der Waals surface area contributed by atoms with Crippen LogP contribution in [0, 0.1) is 0 Å². The molecule has 0 radical (unpaired) electrons. The summed E-state index contributed by atoms with van der Waals surface area (Å²) in [6.07, 6.45) is 7.10. The van der Waals surface area contributed by atoms with Gasteiger partial charge in [-0.05, 0) is 42.0 Å². The molecule has 0 amide bonds. The highest BCUT2D eigenvalue weighted by molar-refractivity contribution is 7.85. The number of pyridine rings is 2. The van der Waals surface area contributed by atoms with Crippen LogP contribution in [-0.2, 0) is 16.7 Å². The topological polar surface area (TPSA) is 155 Å². The second kappa shape index (κ2) is 11.7. The Balaban J connectivity index is 0.000000623. The van der Waals surface area contributed by atoms with Crippen molar-refractivity contribution in [2.75, 3.05) is 6.26 Å². The van der Waals surface area contributed by atoms with Gasteiger partial charge in [-0.15, -0.1) is 0 Å². The number of benzene rings is 1. The maximum Gasteiger partial charge on any atom is 0.272 e. The van der Waals surface area contributed by atoms with E-state index in [9.17, 15) is 18.0 Å². The number of hydrogen-bond acceptors (Lipinski definition) is 7. The summed E-state index contributed by atoms with van der Waals surface area (Å²) in [5, 5.41) is 0.314. The predicted molar refractivity (Wildman–Crippen MR) is 131 cm³/mol. The van der Waals surface area contributed by atoms with Crippen LogP contribution in [-0.4, -0.2) is 39.2 Å². The van der Waals surface area contributed by atoms with Crippen molar-refractivity contribution in [3.63, 3.8) is 0 Å². The molecule has 3 aromatic heterocycles. The molecule has 180 valence electrons. The summed E-state index contributed by atoms with van der Waals surface area (Å²) in [5.74, 6) is 0.577. The lowest BCUT2D eigenvalue weighted by atomic mass is 10.2. The fourth-order valence-corrected chi connectivity index (χ4v) is 2.76. The zero-order chi connectivity index (χ0) is 25.3. The summed E-state index contributed by atoms with van der Waals surface area (Å²) in [4.78, 5) is 38.4. The molecule has 0 unspecified atom stereocenters. The van der Waals surface area contributed by atoms with Crippen LogP contribution >= 0.6 is 0 Å². The molecule has 4 aromatic rings. The highest BCUT2D eigenvalue weighted by Crippen LogP contribution is 2.11. The van der Waals surface area contributed by atoms with E-state index in [0.717, 1.165) is 11.3 Å². The van der Waals surface area contributed by atoms with E-state index >= 15 is 0 Å². The van der Waals surface area contributed by atoms with Crippen molar-refractivity contribution < 1.29 is 17.7 Å². The van der Waals surface area contributed by atoms with Gasteiger partial charge in [0, 0.05) is 6.20 Å². The second-order valence-corrected chi connectivity index (χ2v) is 8.66. The molecule has 0 aliphatic rings. The summed E-state index contributed by atoms with van der Waals surface area (Å²) < 4.78 is 31.5. The van der Waals surface area contributed by atoms with Gasteiger partial charge in [0.2, 0.25) is 0 Å². The standard InChI is InChI=1S/C23H18N4O3.CH4O3S/c28-22-20(12-16-6-2-1-3-7-16)26-23(29)21(27-22)13-17-9-10-19(14-25-17)30-15-18-8-4-5-11-24-18;1-5(2,3)4/h1-14H,15H2,(H,26,29)(H,27,28);1H3,(H,2,3,4)/b20-12+,21-13-;. The van der Waals surface area contributed by atoms with E-state index in [1.165, 1.54) is 6.08 Å². The molecule has 4 rings (SSSR count). The van der Waals surface area contributed by atoms with E-state index in [-0.39, 0.29) is 16.3 Å². The Kier molecular flexibility index (Phi) is 8.43. The van der Waals surface area contributed by atoms with Crippen LogP contribution in [0.1, 0.15) is 17.0 Å².